The average molecular weight is 186 g/mol. The first-order chi connectivity index (χ1) is 5.88. The molecule has 2 rings (SSSR count). The summed E-state index contributed by atoms with van der Waals surface area (Å²) in [6, 6.07) is 0.468. The van der Waals surface area contributed by atoms with Crippen LogP contribution in [0.4, 0.5) is 0 Å². The quantitative estimate of drug-likeness (QED) is 0.666. The maximum atomic E-state index is 6.23. The Morgan fingerprint density at radius 2 is 2.25 bits per heavy atom. The van der Waals surface area contributed by atoms with Crippen LogP contribution in [0.3, 0.4) is 0 Å². The summed E-state index contributed by atoms with van der Waals surface area (Å²) >= 11 is 2.07. The van der Waals surface area contributed by atoms with E-state index in [1.165, 1.54) is 30.9 Å². The molecule has 0 amide bonds. The zero-order chi connectivity index (χ0) is 8.39. The summed E-state index contributed by atoms with van der Waals surface area (Å²) in [5.41, 5.74) is 6.23. The molecule has 0 spiro atoms. The molecular formula is C9H18N2S. The molecule has 0 aromatic carbocycles. The van der Waals surface area contributed by atoms with Gasteiger partial charge in [-0.15, -0.1) is 0 Å². The zero-order valence-electron chi connectivity index (χ0n) is 7.46. The third-order valence-corrected chi connectivity index (χ3v) is 4.34. The van der Waals surface area contributed by atoms with Crippen molar-refractivity contribution in [3.8, 4) is 0 Å². The molecule has 0 aromatic heterocycles. The summed E-state index contributed by atoms with van der Waals surface area (Å²) in [6.07, 6.45) is 2.64. The lowest BCUT2D eigenvalue weighted by atomic mass is 9.88. The first-order valence-electron chi connectivity index (χ1n) is 4.92. The van der Waals surface area contributed by atoms with Gasteiger partial charge in [0, 0.05) is 6.04 Å². The van der Waals surface area contributed by atoms with Gasteiger partial charge >= 0.3 is 0 Å². The highest BCUT2D eigenvalue weighted by atomic mass is 32.2. The van der Waals surface area contributed by atoms with Crippen molar-refractivity contribution in [1.82, 2.24) is 5.32 Å². The van der Waals surface area contributed by atoms with Crippen molar-refractivity contribution in [3.05, 3.63) is 0 Å². The van der Waals surface area contributed by atoms with Crippen LogP contribution in [0.15, 0.2) is 0 Å². The van der Waals surface area contributed by atoms with Gasteiger partial charge in [0.2, 0.25) is 0 Å². The van der Waals surface area contributed by atoms with E-state index in [-0.39, 0.29) is 0 Å². The minimum Gasteiger partial charge on any atom is -0.327 e. The van der Waals surface area contributed by atoms with Crippen molar-refractivity contribution < 1.29 is 0 Å². The molecule has 3 heteroatoms. The normalized spacial score (nSPS) is 38.8. The minimum absolute atomic E-state index is 0.468. The molecule has 12 heavy (non-hydrogen) atoms. The number of hydrogen-bond donors (Lipinski definition) is 2. The molecule has 0 radical (unpaired) electrons. The SMILES string of the molecule is NC(C1CCNC1)C1CCSC1. The van der Waals surface area contributed by atoms with Crippen LogP contribution in [0.2, 0.25) is 0 Å². The summed E-state index contributed by atoms with van der Waals surface area (Å²) in [6.45, 7) is 2.33. The molecule has 2 aliphatic heterocycles. The van der Waals surface area contributed by atoms with Crippen LogP contribution in [0.1, 0.15) is 12.8 Å². The van der Waals surface area contributed by atoms with Gasteiger partial charge in [-0.3, -0.25) is 0 Å². The lowest BCUT2D eigenvalue weighted by Gasteiger charge is -2.23. The second kappa shape index (κ2) is 3.99. The minimum atomic E-state index is 0.468. The lowest BCUT2D eigenvalue weighted by Crippen LogP contribution is -2.38. The number of nitrogens with one attached hydrogen (secondary N) is 1. The predicted molar refractivity (Wildman–Crippen MR) is 54.4 cm³/mol. The van der Waals surface area contributed by atoms with Gasteiger partial charge in [0.05, 0.1) is 0 Å². The van der Waals surface area contributed by atoms with E-state index in [9.17, 15) is 0 Å². The van der Waals surface area contributed by atoms with Gasteiger partial charge in [-0.05, 0) is 49.3 Å². The Kier molecular flexibility index (Phi) is 2.94. The van der Waals surface area contributed by atoms with E-state index in [2.05, 4.69) is 17.1 Å². The van der Waals surface area contributed by atoms with E-state index in [0.29, 0.717) is 6.04 Å². The van der Waals surface area contributed by atoms with Gasteiger partial charge in [-0.2, -0.15) is 11.8 Å². The largest absolute Gasteiger partial charge is 0.327 e. The molecular weight excluding hydrogens is 168 g/mol. The van der Waals surface area contributed by atoms with Crippen LogP contribution in [-0.4, -0.2) is 30.6 Å². The van der Waals surface area contributed by atoms with E-state index >= 15 is 0 Å². The molecule has 0 aliphatic carbocycles. The number of hydrogen-bond acceptors (Lipinski definition) is 3. The van der Waals surface area contributed by atoms with Crippen LogP contribution >= 0.6 is 11.8 Å². The van der Waals surface area contributed by atoms with Gasteiger partial charge in [0.1, 0.15) is 0 Å². The first kappa shape index (κ1) is 8.85. The number of nitrogens with two attached hydrogens (primary N) is 1. The molecule has 0 saturated carbocycles. The average Bonchev–Trinajstić information content (AvgIpc) is 2.77. The molecule has 3 N–H and O–H groups in total. The standard InChI is InChI=1S/C9H18N2S/c10-9(7-1-3-11-5-7)8-2-4-12-6-8/h7-9,11H,1-6,10H2. The molecule has 2 fully saturated rings. The van der Waals surface area contributed by atoms with E-state index in [1.54, 1.807) is 0 Å². The van der Waals surface area contributed by atoms with Crippen LogP contribution in [0.5, 0.6) is 0 Å². The number of rotatable bonds is 2. The second-order valence-corrected chi connectivity index (χ2v) is 5.10. The summed E-state index contributed by atoms with van der Waals surface area (Å²) in [5.74, 6) is 4.20. The molecule has 70 valence electrons. The van der Waals surface area contributed by atoms with Crippen molar-refractivity contribution in [3.63, 3.8) is 0 Å². The van der Waals surface area contributed by atoms with Gasteiger partial charge < -0.3 is 11.1 Å². The van der Waals surface area contributed by atoms with Crippen molar-refractivity contribution in [2.24, 2.45) is 17.6 Å². The fourth-order valence-corrected chi connectivity index (χ4v) is 3.57. The third kappa shape index (κ3) is 1.78. The van der Waals surface area contributed by atoms with E-state index in [1.807, 2.05) is 0 Å². The Bertz CT molecular complexity index is 123. The highest BCUT2D eigenvalue weighted by Crippen LogP contribution is 2.29. The molecule has 2 aliphatic rings. The van der Waals surface area contributed by atoms with E-state index in [0.717, 1.165) is 18.4 Å². The fourth-order valence-electron chi connectivity index (χ4n) is 2.25. The van der Waals surface area contributed by atoms with Crippen LogP contribution < -0.4 is 11.1 Å². The van der Waals surface area contributed by atoms with Gasteiger partial charge in [0.15, 0.2) is 0 Å². The molecule has 3 unspecified atom stereocenters. The van der Waals surface area contributed by atoms with Crippen LogP contribution in [-0.2, 0) is 0 Å². The Morgan fingerprint density at radius 1 is 1.33 bits per heavy atom. The van der Waals surface area contributed by atoms with Crippen LogP contribution in [0.25, 0.3) is 0 Å². The van der Waals surface area contributed by atoms with Crippen LogP contribution in [0, 0.1) is 11.8 Å². The summed E-state index contributed by atoms with van der Waals surface area (Å²) in [5, 5.41) is 3.39. The Labute approximate surface area is 78.7 Å². The highest BCUT2D eigenvalue weighted by molar-refractivity contribution is 7.99. The fraction of sp³-hybridized carbons (Fsp3) is 1.00. The Hall–Kier alpha value is 0.270. The predicted octanol–water partition coefficient (Wildman–Crippen LogP) is 0.676. The van der Waals surface area contributed by atoms with Crippen molar-refractivity contribution >= 4 is 11.8 Å². The molecule has 2 nitrogen and oxygen atoms in total. The summed E-state index contributed by atoms with van der Waals surface area (Å²) in [7, 11) is 0. The zero-order valence-corrected chi connectivity index (χ0v) is 8.28. The van der Waals surface area contributed by atoms with Gasteiger partial charge in [-0.25, -0.2) is 0 Å². The third-order valence-electron chi connectivity index (χ3n) is 3.15. The van der Waals surface area contributed by atoms with Crippen molar-refractivity contribution in [2.75, 3.05) is 24.6 Å². The Balaban J connectivity index is 1.84. The van der Waals surface area contributed by atoms with Crippen molar-refractivity contribution in [1.29, 1.82) is 0 Å². The molecule has 0 bridgehead atoms. The molecule has 0 aromatic rings. The molecule has 2 saturated heterocycles. The topological polar surface area (TPSA) is 38.0 Å². The molecule has 3 atom stereocenters. The van der Waals surface area contributed by atoms with Crippen molar-refractivity contribution in [2.45, 2.75) is 18.9 Å². The smallest absolute Gasteiger partial charge is 0.0116 e. The summed E-state index contributed by atoms with van der Waals surface area (Å²) in [4.78, 5) is 0. The van der Waals surface area contributed by atoms with E-state index in [4.69, 9.17) is 5.73 Å². The summed E-state index contributed by atoms with van der Waals surface area (Å²) < 4.78 is 0. The lowest BCUT2D eigenvalue weighted by molar-refractivity contribution is 0.349. The number of thioether (sulfide) groups is 1. The highest BCUT2D eigenvalue weighted by Gasteiger charge is 2.30. The van der Waals surface area contributed by atoms with Gasteiger partial charge in [-0.1, -0.05) is 0 Å². The van der Waals surface area contributed by atoms with E-state index < -0.39 is 0 Å². The molecule has 2 heterocycles. The monoisotopic (exact) mass is 186 g/mol. The Morgan fingerprint density at radius 3 is 2.83 bits per heavy atom. The maximum Gasteiger partial charge on any atom is 0.0116 e. The first-order valence-corrected chi connectivity index (χ1v) is 6.07. The van der Waals surface area contributed by atoms with Gasteiger partial charge in [0.25, 0.3) is 0 Å². The maximum absolute atomic E-state index is 6.23. The second-order valence-electron chi connectivity index (χ2n) is 3.95.